The highest BCUT2D eigenvalue weighted by atomic mass is 16.2. The maximum absolute atomic E-state index is 12.2. The van der Waals surface area contributed by atoms with E-state index in [0.29, 0.717) is 6.54 Å². The largest absolute Gasteiger partial charge is 0.354 e. The summed E-state index contributed by atoms with van der Waals surface area (Å²) in [6, 6.07) is 7.52. The minimum atomic E-state index is -0.0424. The number of Topliss-reactive ketones (excluding diaryl/α,β-unsaturated/α-hetero) is 1. The number of nitrogens with zero attached hydrogens (tertiary/aromatic N) is 1. The van der Waals surface area contributed by atoms with E-state index in [-0.39, 0.29) is 30.1 Å². The first-order chi connectivity index (χ1) is 10.9. The molecule has 23 heavy (non-hydrogen) atoms. The smallest absolute Gasteiger partial charge is 0.220 e. The van der Waals surface area contributed by atoms with Crippen LogP contribution in [0.15, 0.2) is 24.3 Å². The molecule has 1 aliphatic rings. The second-order valence-corrected chi connectivity index (χ2v) is 7.02. The fraction of sp³-hybridized carbons (Fsp3) is 0.579. The average Bonchev–Trinajstić information content (AvgIpc) is 3.06. The van der Waals surface area contributed by atoms with Crippen molar-refractivity contribution in [2.75, 3.05) is 19.6 Å². The van der Waals surface area contributed by atoms with Crippen LogP contribution in [-0.4, -0.2) is 41.8 Å². The van der Waals surface area contributed by atoms with Crippen molar-refractivity contribution in [2.24, 2.45) is 0 Å². The third-order valence-corrected chi connectivity index (χ3v) is 4.70. The lowest BCUT2D eigenvalue weighted by atomic mass is 10.0. The Labute approximate surface area is 139 Å². The van der Waals surface area contributed by atoms with Gasteiger partial charge in [-0.2, -0.15) is 0 Å². The number of hydrogen-bond acceptors (Lipinski definition) is 3. The standard InChI is InChI=1S/C19H28N2O2/c1-15-8-4-5-9-16(15)17(22)10-11-18(23)20-14-19(2,3)21-12-6-7-13-21/h4-5,8-9H,6-7,10-14H2,1-3H3,(H,20,23). The molecule has 1 aliphatic heterocycles. The number of ketones is 1. The minimum Gasteiger partial charge on any atom is -0.354 e. The van der Waals surface area contributed by atoms with Crippen LogP contribution in [0.4, 0.5) is 0 Å². The number of aryl methyl sites for hydroxylation is 1. The Hall–Kier alpha value is -1.68. The molecular weight excluding hydrogens is 288 g/mol. The molecule has 1 amide bonds. The van der Waals surface area contributed by atoms with Gasteiger partial charge in [-0.25, -0.2) is 0 Å². The molecule has 1 saturated heterocycles. The first-order valence-electron chi connectivity index (χ1n) is 8.51. The summed E-state index contributed by atoms with van der Waals surface area (Å²) < 4.78 is 0. The van der Waals surface area contributed by atoms with Crippen molar-refractivity contribution in [1.82, 2.24) is 10.2 Å². The van der Waals surface area contributed by atoms with Gasteiger partial charge in [0.25, 0.3) is 0 Å². The zero-order chi connectivity index (χ0) is 16.9. The van der Waals surface area contributed by atoms with Crippen LogP contribution in [0.25, 0.3) is 0 Å². The number of rotatable bonds is 7. The molecule has 0 spiro atoms. The Morgan fingerprint density at radius 2 is 1.78 bits per heavy atom. The van der Waals surface area contributed by atoms with Crippen LogP contribution in [-0.2, 0) is 4.79 Å². The number of hydrogen-bond donors (Lipinski definition) is 1. The van der Waals surface area contributed by atoms with Crippen molar-refractivity contribution in [3.8, 4) is 0 Å². The van der Waals surface area contributed by atoms with Crippen molar-refractivity contribution >= 4 is 11.7 Å². The maximum atomic E-state index is 12.2. The molecule has 4 heteroatoms. The number of likely N-dealkylation sites (tertiary alicyclic amines) is 1. The first-order valence-corrected chi connectivity index (χ1v) is 8.51. The molecule has 0 saturated carbocycles. The molecular formula is C19H28N2O2. The van der Waals surface area contributed by atoms with Gasteiger partial charge < -0.3 is 5.32 Å². The van der Waals surface area contributed by atoms with Crippen LogP contribution in [0, 0.1) is 6.92 Å². The van der Waals surface area contributed by atoms with Crippen LogP contribution >= 0.6 is 0 Å². The van der Waals surface area contributed by atoms with Gasteiger partial charge in [0.05, 0.1) is 0 Å². The molecule has 1 heterocycles. The summed E-state index contributed by atoms with van der Waals surface area (Å²) in [6.07, 6.45) is 2.99. The summed E-state index contributed by atoms with van der Waals surface area (Å²) in [5, 5.41) is 2.99. The SMILES string of the molecule is Cc1ccccc1C(=O)CCC(=O)NCC(C)(C)N1CCCC1. The molecule has 0 aromatic heterocycles. The van der Waals surface area contributed by atoms with Gasteiger partial charge in [0.15, 0.2) is 5.78 Å². The lowest BCUT2D eigenvalue weighted by Gasteiger charge is -2.35. The van der Waals surface area contributed by atoms with Crippen LogP contribution in [0.2, 0.25) is 0 Å². The van der Waals surface area contributed by atoms with Crippen molar-refractivity contribution in [2.45, 2.75) is 52.0 Å². The predicted octanol–water partition coefficient (Wildman–Crippen LogP) is 2.95. The molecule has 1 N–H and O–H groups in total. The highest BCUT2D eigenvalue weighted by Gasteiger charge is 2.29. The van der Waals surface area contributed by atoms with Crippen molar-refractivity contribution in [3.63, 3.8) is 0 Å². The lowest BCUT2D eigenvalue weighted by molar-refractivity contribution is -0.121. The monoisotopic (exact) mass is 316 g/mol. The molecule has 1 aromatic rings. The highest BCUT2D eigenvalue weighted by molar-refractivity contribution is 5.99. The summed E-state index contributed by atoms with van der Waals surface area (Å²) >= 11 is 0. The van der Waals surface area contributed by atoms with Gasteiger partial charge in [-0.15, -0.1) is 0 Å². The Balaban J connectivity index is 1.77. The van der Waals surface area contributed by atoms with Gasteiger partial charge in [-0.1, -0.05) is 24.3 Å². The summed E-state index contributed by atoms with van der Waals surface area (Å²) in [4.78, 5) is 26.7. The van der Waals surface area contributed by atoms with Crippen molar-refractivity contribution in [3.05, 3.63) is 35.4 Å². The van der Waals surface area contributed by atoms with Gasteiger partial charge >= 0.3 is 0 Å². The third-order valence-electron chi connectivity index (χ3n) is 4.70. The summed E-state index contributed by atoms with van der Waals surface area (Å²) in [6.45, 7) is 9.09. The van der Waals surface area contributed by atoms with E-state index in [1.807, 2.05) is 31.2 Å². The molecule has 0 radical (unpaired) electrons. The quantitative estimate of drug-likeness (QED) is 0.787. The number of carbonyl (C=O) groups is 2. The maximum Gasteiger partial charge on any atom is 0.220 e. The van der Waals surface area contributed by atoms with E-state index < -0.39 is 0 Å². The Morgan fingerprint density at radius 3 is 2.43 bits per heavy atom. The van der Waals surface area contributed by atoms with Crippen LogP contribution in [0.1, 0.15) is 55.5 Å². The molecule has 0 bridgehead atoms. The zero-order valence-electron chi connectivity index (χ0n) is 14.5. The molecule has 4 nitrogen and oxygen atoms in total. The fourth-order valence-electron chi connectivity index (χ4n) is 3.09. The second kappa shape index (κ2) is 7.73. The van der Waals surface area contributed by atoms with E-state index in [9.17, 15) is 9.59 Å². The van der Waals surface area contributed by atoms with Gasteiger partial charge in [-0.05, 0) is 52.3 Å². The van der Waals surface area contributed by atoms with E-state index in [1.165, 1.54) is 12.8 Å². The van der Waals surface area contributed by atoms with E-state index in [2.05, 4.69) is 24.1 Å². The Kier molecular flexibility index (Phi) is 5.94. The molecule has 1 aromatic carbocycles. The number of nitrogens with one attached hydrogen (secondary N) is 1. The first kappa shape index (κ1) is 17.7. The van der Waals surface area contributed by atoms with E-state index in [4.69, 9.17) is 0 Å². The fourth-order valence-corrected chi connectivity index (χ4v) is 3.09. The number of benzene rings is 1. The predicted molar refractivity (Wildman–Crippen MR) is 92.6 cm³/mol. The molecule has 0 atom stereocenters. The third kappa shape index (κ3) is 4.90. The topological polar surface area (TPSA) is 49.4 Å². The summed E-state index contributed by atoms with van der Waals surface area (Å²) in [5.74, 6) is -0.00346. The summed E-state index contributed by atoms with van der Waals surface area (Å²) in [5.41, 5.74) is 1.66. The van der Waals surface area contributed by atoms with Gasteiger partial charge in [0.2, 0.25) is 5.91 Å². The molecule has 1 fully saturated rings. The number of amides is 1. The Morgan fingerprint density at radius 1 is 1.13 bits per heavy atom. The van der Waals surface area contributed by atoms with Crippen LogP contribution in [0.5, 0.6) is 0 Å². The van der Waals surface area contributed by atoms with Crippen LogP contribution in [0.3, 0.4) is 0 Å². The highest BCUT2D eigenvalue weighted by Crippen LogP contribution is 2.20. The molecule has 126 valence electrons. The number of carbonyl (C=O) groups excluding carboxylic acids is 2. The van der Waals surface area contributed by atoms with Gasteiger partial charge in [0.1, 0.15) is 0 Å². The summed E-state index contributed by atoms with van der Waals surface area (Å²) in [7, 11) is 0. The normalized spacial score (nSPS) is 15.6. The van der Waals surface area contributed by atoms with E-state index >= 15 is 0 Å². The average molecular weight is 316 g/mol. The molecule has 0 unspecified atom stereocenters. The lowest BCUT2D eigenvalue weighted by Crippen LogP contribution is -2.50. The van der Waals surface area contributed by atoms with Crippen molar-refractivity contribution < 1.29 is 9.59 Å². The zero-order valence-corrected chi connectivity index (χ0v) is 14.5. The van der Waals surface area contributed by atoms with E-state index in [1.54, 1.807) is 0 Å². The van der Waals surface area contributed by atoms with Gasteiger partial charge in [-0.3, -0.25) is 14.5 Å². The van der Waals surface area contributed by atoms with Crippen molar-refractivity contribution in [1.29, 1.82) is 0 Å². The van der Waals surface area contributed by atoms with Crippen LogP contribution < -0.4 is 5.32 Å². The second-order valence-electron chi connectivity index (χ2n) is 7.02. The van der Waals surface area contributed by atoms with Gasteiger partial charge in [0, 0.05) is 30.5 Å². The molecule has 2 rings (SSSR count). The molecule has 0 aliphatic carbocycles. The van der Waals surface area contributed by atoms with E-state index in [0.717, 1.165) is 24.2 Å². The minimum absolute atomic E-state index is 0.0216. The Bertz CT molecular complexity index is 560.